The van der Waals surface area contributed by atoms with Crippen LogP contribution in [0.2, 0.25) is 0 Å². The van der Waals surface area contributed by atoms with Gasteiger partial charge in [0, 0.05) is 32.0 Å². The zero-order valence-electron chi connectivity index (χ0n) is 30.8. The number of aromatic nitrogens is 2. The predicted octanol–water partition coefficient (Wildman–Crippen LogP) is 13.5. The lowest BCUT2D eigenvalue weighted by molar-refractivity contribution is 0.380. The van der Waals surface area contributed by atoms with E-state index >= 15 is 0 Å². The smallest absolute Gasteiger partial charge is 0.156 e. The normalized spacial score (nSPS) is 18.1. The summed E-state index contributed by atoms with van der Waals surface area (Å²) in [6.07, 6.45) is 15.6. The van der Waals surface area contributed by atoms with Crippen LogP contribution in [0.3, 0.4) is 0 Å². The zero-order chi connectivity index (χ0) is 35.6. The molecule has 258 valence electrons. The fraction of sp³-hybridized carbons (Fsp3) is 0.261. The standard InChI is InChI=1S/C46H47N3S2/c1-8-19-29(5)40-31(7)37(20-9-2)49(43(40)44-34(11-4)35-23-15-17-25-38(35)50-44)30(6)27-28-32(10-3)46-47-41(33-21-13-12-14-22-33)45-42(48-46)36-24-16-18-26-39(36)51-45/h8-9,12-29,31,37H,10-11H2,1-7H3/b19-8-,20-9-,30-27+,32-28+. The summed E-state index contributed by atoms with van der Waals surface area (Å²) in [4.78, 5) is 14.6. The van der Waals surface area contributed by atoms with Crippen LogP contribution in [-0.2, 0) is 6.42 Å². The highest BCUT2D eigenvalue weighted by Crippen LogP contribution is 2.50. The summed E-state index contributed by atoms with van der Waals surface area (Å²) in [5.41, 5.74) is 9.84. The van der Waals surface area contributed by atoms with Gasteiger partial charge in [0.15, 0.2) is 5.82 Å². The van der Waals surface area contributed by atoms with Gasteiger partial charge < -0.3 is 4.90 Å². The second-order valence-corrected chi connectivity index (χ2v) is 15.5. The van der Waals surface area contributed by atoms with Gasteiger partial charge in [-0.3, -0.25) is 0 Å². The molecule has 3 atom stereocenters. The van der Waals surface area contributed by atoms with Gasteiger partial charge in [-0.1, -0.05) is 125 Å². The number of benzene rings is 3. The minimum atomic E-state index is 0.215. The van der Waals surface area contributed by atoms with Gasteiger partial charge in [0.05, 0.1) is 32.5 Å². The summed E-state index contributed by atoms with van der Waals surface area (Å²) in [5.74, 6) is 1.47. The lowest BCUT2D eigenvalue weighted by atomic mass is 9.86. The zero-order valence-corrected chi connectivity index (χ0v) is 32.4. The first-order chi connectivity index (χ1) is 24.9. The summed E-state index contributed by atoms with van der Waals surface area (Å²) in [7, 11) is 0. The summed E-state index contributed by atoms with van der Waals surface area (Å²) in [5, 5.41) is 2.57. The summed E-state index contributed by atoms with van der Waals surface area (Å²) in [6.45, 7) is 15.9. The number of hydrogen-bond donors (Lipinski definition) is 0. The molecule has 0 amide bonds. The molecule has 1 aliphatic heterocycles. The maximum absolute atomic E-state index is 5.30. The molecule has 5 heteroatoms. The number of hydrogen-bond acceptors (Lipinski definition) is 5. The van der Waals surface area contributed by atoms with Crippen LogP contribution in [0.15, 0.2) is 127 Å². The van der Waals surface area contributed by atoms with Gasteiger partial charge in [-0.2, -0.15) is 0 Å². The number of nitrogens with zero attached hydrogens (tertiary/aromatic N) is 3. The molecule has 51 heavy (non-hydrogen) atoms. The molecule has 0 saturated carbocycles. The van der Waals surface area contributed by atoms with Crippen molar-refractivity contribution in [2.24, 2.45) is 11.8 Å². The maximum atomic E-state index is 5.30. The third kappa shape index (κ3) is 6.32. The minimum absolute atomic E-state index is 0.215. The predicted molar refractivity (Wildman–Crippen MR) is 224 cm³/mol. The maximum Gasteiger partial charge on any atom is 0.156 e. The van der Waals surface area contributed by atoms with Crippen LogP contribution in [0, 0.1) is 11.8 Å². The largest absolute Gasteiger partial charge is 0.337 e. The second-order valence-electron chi connectivity index (χ2n) is 13.4. The van der Waals surface area contributed by atoms with Gasteiger partial charge in [-0.05, 0) is 79.8 Å². The quantitative estimate of drug-likeness (QED) is 0.105. The second kappa shape index (κ2) is 15.0. The van der Waals surface area contributed by atoms with Gasteiger partial charge in [0.2, 0.25) is 0 Å². The van der Waals surface area contributed by atoms with Crippen molar-refractivity contribution >= 4 is 64.3 Å². The summed E-state index contributed by atoms with van der Waals surface area (Å²) < 4.78 is 3.73. The average molecular weight is 706 g/mol. The molecule has 7 rings (SSSR count). The molecule has 3 aromatic carbocycles. The molecule has 0 radical (unpaired) electrons. The van der Waals surface area contributed by atoms with E-state index in [1.165, 1.54) is 47.6 Å². The highest BCUT2D eigenvalue weighted by Gasteiger charge is 2.40. The van der Waals surface area contributed by atoms with E-state index < -0.39 is 0 Å². The Hall–Kier alpha value is -4.58. The molecule has 3 aromatic heterocycles. The van der Waals surface area contributed by atoms with Crippen LogP contribution in [0.25, 0.3) is 52.9 Å². The Morgan fingerprint density at radius 2 is 1.53 bits per heavy atom. The molecular weight excluding hydrogens is 659 g/mol. The van der Waals surface area contributed by atoms with Gasteiger partial charge >= 0.3 is 0 Å². The molecule has 0 saturated heterocycles. The van der Waals surface area contributed by atoms with Crippen molar-refractivity contribution in [1.29, 1.82) is 0 Å². The van der Waals surface area contributed by atoms with Crippen molar-refractivity contribution in [1.82, 2.24) is 14.9 Å². The number of thiophene rings is 2. The van der Waals surface area contributed by atoms with Crippen LogP contribution in [0.4, 0.5) is 0 Å². The number of aryl methyl sites for hydroxylation is 1. The Kier molecular flexibility index (Phi) is 10.2. The Morgan fingerprint density at radius 3 is 2.22 bits per heavy atom. The van der Waals surface area contributed by atoms with Gasteiger partial charge in [-0.15, -0.1) is 22.7 Å². The SMILES string of the molecule is C/C=C\C(C)C1=C(c2sc3ccccc3c2CC)N(/C(C)=C/C=C(\CC)c2nc(-c3ccccc3)c3sc4ccccc4c3n2)C(/C=C\C)C1C. The summed E-state index contributed by atoms with van der Waals surface area (Å²) >= 11 is 3.73. The molecule has 6 aromatic rings. The molecule has 0 spiro atoms. The first kappa shape index (κ1) is 34.9. The molecule has 3 nitrogen and oxygen atoms in total. The van der Waals surface area contributed by atoms with E-state index in [1.54, 1.807) is 11.3 Å². The van der Waals surface area contributed by atoms with Crippen molar-refractivity contribution < 1.29 is 0 Å². The van der Waals surface area contributed by atoms with Gasteiger partial charge in [-0.25, -0.2) is 9.97 Å². The fourth-order valence-corrected chi connectivity index (χ4v) is 10.4. The van der Waals surface area contributed by atoms with E-state index in [0.717, 1.165) is 45.7 Å². The van der Waals surface area contributed by atoms with E-state index in [1.807, 2.05) is 11.3 Å². The lowest BCUT2D eigenvalue weighted by Gasteiger charge is -2.30. The fourth-order valence-electron chi connectivity index (χ4n) is 7.86. The van der Waals surface area contributed by atoms with Crippen LogP contribution in [0.1, 0.15) is 71.2 Å². The van der Waals surface area contributed by atoms with Crippen molar-refractivity contribution in [2.75, 3.05) is 0 Å². The number of rotatable bonds is 10. The van der Waals surface area contributed by atoms with Crippen molar-refractivity contribution in [3.05, 3.63) is 143 Å². The van der Waals surface area contributed by atoms with Gasteiger partial charge in [0.25, 0.3) is 0 Å². The van der Waals surface area contributed by atoms with E-state index in [9.17, 15) is 0 Å². The van der Waals surface area contributed by atoms with Crippen molar-refractivity contribution in [3.63, 3.8) is 0 Å². The topological polar surface area (TPSA) is 29.0 Å². The van der Waals surface area contributed by atoms with E-state index in [-0.39, 0.29) is 6.04 Å². The first-order valence-corrected chi connectivity index (χ1v) is 20.0. The molecular formula is C46H47N3S2. The van der Waals surface area contributed by atoms with Crippen molar-refractivity contribution in [3.8, 4) is 11.3 Å². The molecule has 3 unspecified atom stereocenters. The summed E-state index contributed by atoms with van der Waals surface area (Å²) in [6, 6.07) is 28.3. The van der Waals surface area contributed by atoms with Crippen LogP contribution in [0.5, 0.6) is 0 Å². The highest BCUT2D eigenvalue weighted by atomic mass is 32.1. The van der Waals surface area contributed by atoms with E-state index in [0.29, 0.717) is 11.8 Å². The van der Waals surface area contributed by atoms with Gasteiger partial charge in [0.1, 0.15) is 0 Å². The third-order valence-corrected chi connectivity index (χ3v) is 12.7. The van der Waals surface area contributed by atoms with Crippen LogP contribution in [-0.4, -0.2) is 20.9 Å². The highest BCUT2D eigenvalue weighted by molar-refractivity contribution is 7.26. The molecule has 0 fully saturated rings. The lowest BCUT2D eigenvalue weighted by Crippen LogP contribution is -2.30. The molecule has 0 aliphatic carbocycles. The van der Waals surface area contributed by atoms with Crippen molar-refractivity contribution in [2.45, 2.75) is 67.3 Å². The van der Waals surface area contributed by atoms with Crippen LogP contribution >= 0.6 is 22.7 Å². The molecule has 0 bridgehead atoms. The molecule has 4 heterocycles. The Bertz CT molecular complexity index is 2370. The first-order valence-electron chi connectivity index (χ1n) is 18.3. The number of allylic oxidation sites excluding steroid dienone is 7. The Labute approximate surface area is 311 Å². The van der Waals surface area contributed by atoms with E-state index in [4.69, 9.17) is 9.97 Å². The Balaban J connectivity index is 1.41. The Morgan fingerprint density at radius 1 is 0.843 bits per heavy atom. The number of fused-ring (bicyclic) bond motifs is 4. The molecule has 0 N–H and O–H groups in total. The third-order valence-electron chi connectivity index (χ3n) is 10.3. The average Bonchev–Trinajstić information content (AvgIpc) is 3.81. The molecule has 1 aliphatic rings. The van der Waals surface area contributed by atoms with Crippen LogP contribution < -0.4 is 0 Å². The monoisotopic (exact) mass is 705 g/mol. The minimum Gasteiger partial charge on any atom is -0.337 e. The van der Waals surface area contributed by atoms with E-state index in [2.05, 4.69) is 169 Å².